The quantitative estimate of drug-likeness (QED) is 0.581. The third-order valence-electron chi connectivity index (χ3n) is 4.31. The van der Waals surface area contributed by atoms with Gasteiger partial charge in [0.05, 0.1) is 19.8 Å². The molecule has 1 aromatic heterocycles. The molecule has 0 saturated carbocycles. The number of amides is 1. The number of carbonyl (C=O) groups excluding carboxylic acids is 1. The lowest BCUT2D eigenvalue weighted by Gasteiger charge is -2.22. The van der Waals surface area contributed by atoms with Crippen LogP contribution in [0.5, 0.6) is 11.5 Å². The molecule has 154 valence electrons. The molecule has 3 aromatic rings. The second kappa shape index (κ2) is 8.71. The predicted molar refractivity (Wildman–Crippen MR) is 109 cm³/mol. The largest absolute Gasteiger partial charge is 0.495 e. The molecule has 0 bridgehead atoms. The molecule has 0 saturated heterocycles. The van der Waals surface area contributed by atoms with Gasteiger partial charge < -0.3 is 14.4 Å². The van der Waals surface area contributed by atoms with Crippen molar-refractivity contribution in [3.05, 3.63) is 47.5 Å². The summed E-state index contributed by atoms with van der Waals surface area (Å²) in [4.78, 5) is 21.0. The first-order chi connectivity index (χ1) is 13.8. The van der Waals surface area contributed by atoms with Crippen LogP contribution in [0.15, 0.2) is 30.3 Å². The Kier molecular flexibility index (Phi) is 6.29. The number of thiazole rings is 1. The number of benzene rings is 2. The highest BCUT2D eigenvalue weighted by Gasteiger charge is 2.25. The number of rotatable bonds is 7. The SMILES string of the molecule is COc1ccc(OC)c2sc(N(CCN(C)C)C(=O)c3ccc(F)cc3F)nc12. The molecule has 9 heteroatoms. The van der Waals surface area contributed by atoms with Crippen molar-refractivity contribution >= 4 is 32.6 Å². The van der Waals surface area contributed by atoms with E-state index in [1.165, 1.54) is 23.3 Å². The number of anilines is 1. The average molecular weight is 421 g/mol. The minimum atomic E-state index is -0.916. The van der Waals surface area contributed by atoms with Gasteiger partial charge in [0, 0.05) is 19.2 Å². The molecule has 0 N–H and O–H groups in total. The molecular formula is C20H21F2N3O3S. The van der Waals surface area contributed by atoms with Crippen molar-refractivity contribution in [3.63, 3.8) is 0 Å². The Morgan fingerprint density at radius 3 is 2.38 bits per heavy atom. The van der Waals surface area contributed by atoms with E-state index in [0.29, 0.717) is 39.5 Å². The van der Waals surface area contributed by atoms with Gasteiger partial charge in [0.1, 0.15) is 33.4 Å². The highest BCUT2D eigenvalue weighted by atomic mass is 32.1. The van der Waals surface area contributed by atoms with Crippen LogP contribution in [-0.4, -0.2) is 57.2 Å². The predicted octanol–water partition coefficient (Wildman–Crippen LogP) is 3.80. The standard InChI is InChI=1S/C20H21F2N3O3S/c1-24(2)9-10-25(19(26)13-6-5-12(21)11-14(13)22)20-23-17-15(27-3)7-8-16(28-4)18(17)29-20/h5-8,11H,9-10H2,1-4H3. The molecule has 0 aliphatic heterocycles. The van der Waals surface area contributed by atoms with Crippen LogP contribution in [-0.2, 0) is 0 Å². The third-order valence-corrected chi connectivity index (χ3v) is 5.40. The van der Waals surface area contributed by atoms with Gasteiger partial charge in [-0.25, -0.2) is 13.8 Å². The molecule has 0 aliphatic carbocycles. The van der Waals surface area contributed by atoms with Crippen molar-refractivity contribution in [1.82, 2.24) is 9.88 Å². The zero-order valence-electron chi connectivity index (χ0n) is 16.5. The average Bonchev–Trinajstić information content (AvgIpc) is 3.12. The highest BCUT2D eigenvalue weighted by Crippen LogP contribution is 2.40. The van der Waals surface area contributed by atoms with Gasteiger partial charge in [0.15, 0.2) is 5.13 Å². The fourth-order valence-electron chi connectivity index (χ4n) is 2.78. The summed E-state index contributed by atoms with van der Waals surface area (Å²) in [6.45, 7) is 0.797. The third kappa shape index (κ3) is 4.30. The van der Waals surface area contributed by atoms with Crippen LogP contribution in [0.1, 0.15) is 10.4 Å². The zero-order chi connectivity index (χ0) is 21.1. The molecule has 1 heterocycles. The number of fused-ring (bicyclic) bond motifs is 1. The van der Waals surface area contributed by atoms with E-state index in [0.717, 1.165) is 12.1 Å². The molecule has 6 nitrogen and oxygen atoms in total. The van der Waals surface area contributed by atoms with Crippen LogP contribution >= 0.6 is 11.3 Å². The first kappa shape index (κ1) is 20.9. The van der Waals surface area contributed by atoms with Gasteiger partial charge in [-0.15, -0.1) is 0 Å². The van der Waals surface area contributed by atoms with Gasteiger partial charge in [-0.1, -0.05) is 11.3 Å². The Hall–Kier alpha value is -2.78. The minimum absolute atomic E-state index is 0.219. The van der Waals surface area contributed by atoms with Crippen LogP contribution in [0.3, 0.4) is 0 Å². The molecule has 29 heavy (non-hydrogen) atoms. The first-order valence-electron chi connectivity index (χ1n) is 8.79. The summed E-state index contributed by atoms with van der Waals surface area (Å²) in [5.74, 6) is -1.12. The van der Waals surface area contributed by atoms with Gasteiger partial charge in [-0.3, -0.25) is 9.69 Å². The minimum Gasteiger partial charge on any atom is -0.495 e. The summed E-state index contributed by atoms with van der Waals surface area (Å²) in [5.41, 5.74) is 0.331. The van der Waals surface area contributed by atoms with E-state index >= 15 is 0 Å². The zero-order valence-corrected chi connectivity index (χ0v) is 17.3. The number of likely N-dealkylation sites (N-methyl/N-ethyl adjacent to an activating group) is 1. The Morgan fingerprint density at radius 2 is 1.76 bits per heavy atom. The molecule has 2 aromatic carbocycles. The van der Waals surface area contributed by atoms with E-state index in [-0.39, 0.29) is 12.1 Å². The number of nitrogens with zero attached hydrogens (tertiary/aromatic N) is 3. The van der Waals surface area contributed by atoms with Crippen molar-refractivity contribution < 1.29 is 23.0 Å². The summed E-state index contributed by atoms with van der Waals surface area (Å²) in [7, 11) is 6.81. The smallest absolute Gasteiger partial charge is 0.263 e. The maximum Gasteiger partial charge on any atom is 0.263 e. The van der Waals surface area contributed by atoms with Crippen LogP contribution in [0, 0.1) is 11.6 Å². The maximum absolute atomic E-state index is 14.3. The van der Waals surface area contributed by atoms with Crippen molar-refractivity contribution in [2.24, 2.45) is 0 Å². The highest BCUT2D eigenvalue weighted by molar-refractivity contribution is 7.22. The van der Waals surface area contributed by atoms with Gasteiger partial charge in [0.25, 0.3) is 5.91 Å². The van der Waals surface area contributed by atoms with E-state index in [1.807, 2.05) is 19.0 Å². The molecular weight excluding hydrogens is 400 g/mol. The van der Waals surface area contributed by atoms with Crippen molar-refractivity contribution in [2.75, 3.05) is 46.3 Å². The summed E-state index contributed by atoms with van der Waals surface area (Å²) in [6, 6.07) is 6.39. The molecule has 0 unspecified atom stereocenters. The molecule has 0 radical (unpaired) electrons. The summed E-state index contributed by atoms with van der Waals surface area (Å²) < 4.78 is 39.0. The van der Waals surface area contributed by atoms with E-state index in [2.05, 4.69) is 4.98 Å². The number of carbonyl (C=O) groups is 1. The van der Waals surface area contributed by atoms with Crippen LogP contribution < -0.4 is 14.4 Å². The topological polar surface area (TPSA) is 54.9 Å². The second-order valence-electron chi connectivity index (χ2n) is 6.53. The Bertz CT molecular complexity index is 998. The maximum atomic E-state index is 14.3. The first-order valence-corrected chi connectivity index (χ1v) is 9.60. The van der Waals surface area contributed by atoms with Gasteiger partial charge >= 0.3 is 0 Å². The second-order valence-corrected chi connectivity index (χ2v) is 7.51. The number of methoxy groups -OCH3 is 2. The lowest BCUT2D eigenvalue weighted by Crippen LogP contribution is -2.37. The van der Waals surface area contributed by atoms with Gasteiger partial charge in [-0.05, 0) is 38.4 Å². The van der Waals surface area contributed by atoms with Crippen LogP contribution in [0.2, 0.25) is 0 Å². The van der Waals surface area contributed by atoms with Crippen LogP contribution in [0.25, 0.3) is 10.2 Å². The van der Waals surface area contributed by atoms with Crippen molar-refractivity contribution in [3.8, 4) is 11.5 Å². The Labute approximate surface area is 171 Å². The van der Waals surface area contributed by atoms with E-state index < -0.39 is 17.5 Å². The lowest BCUT2D eigenvalue weighted by atomic mass is 10.2. The van der Waals surface area contributed by atoms with Gasteiger partial charge in [0.2, 0.25) is 0 Å². The summed E-state index contributed by atoms with van der Waals surface area (Å²) >= 11 is 1.24. The Morgan fingerprint density at radius 1 is 1.07 bits per heavy atom. The number of ether oxygens (including phenoxy) is 2. The number of hydrogen-bond donors (Lipinski definition) is 0. The van der Waals surface area contributed by atoms with Crippen LogP contribution in [0.4, 0.5) is 13.9 Å². The molecule has 0 aliphatic rings. The lowest BCUT2D eigenvalue weighted by molar-refractivity contribution is 0.0981. The molecule has 0 atom stereocenters. The fraction of sp³-hybridized carbons (Fsp3) is 0.300. The molecule has 3 rings (SSSR count). The number of aromatic nitrogens is 1. The summed E-state index contributed by atoms with van der Waals surface area (Å²) in [6.07, 6.45) is 0. The van der Waals surface area contributed by atoms with E-state index in [1.54, 1.807) is 19.2 Å². The van der Waals surface area contributed by atoms with E-state index in [9.17, 15) is 13.6 Å². The fourth-order valence-corrected chi connectivity index (χ4v) is 3.88. The molecule has 0 spiro atoms. The Balaban J connectivity index is 2.10. The normalized spacial score (nSPS) is 11.1. The molecule has 0 fully saturated rings. The summed E-state index contributed by atoms with van der Waals surface area (Å²) in [5, 5.41) is 0.373. The number of halogens is 2. The monoisotopic (exact) mass is 421 g/mol. The van der Waals surface area contributed by atoms with Gasteiger partial charge in [-0.2, -0.15) is 0 Å². The molecule has 1 amide bonds. The van der Waals surface area contributed by atoms with E-state index in [4.69, 9.17) is 9.47 Å². The van der Waals surface area contributed by atoms with Crippen molar-refractivity contribution in [2.45, 2.75) is 0 Å². The number of hydrogen-bond acceptors (Lipinski definition) is 6. The van der Waals surface area contributed by atoms with Crippen molar-refractivity contribution in [1.29, 1.82) is 0 Å².